The van der Waals surface area contributed by atoms with Gasteiger partial charge < -0.3 is 10.1 Å². The summed E-state index contributed by atoms with van der Waals surface area (Å²) in [5.41, 5.74) is 1.04. The molecule has 0 heterocycles. The van der Waals surface area contributed by atoms with E-state index in [0.29, 0.717) is 22.0 Å². The minimum absolute atomic E-state index is 0.137. The van der Waals surface area contributed by atoms with Crippen molar-refractivity contribution in [1.82, 2.24) is 0 Å². The number of anilines is 1. The third-order valence-corrected chi connectivity index (χ3v) is 3.79. The lowest BCUT2D eigenvalue weighted by Crippen LogP contribution is -2.20. The van der Waals surface area contributed by atoms with Crippen molar-refractivity contribution in [3.63, 3.8) is 0 Å². The van der Waals surface area contributed by atoms with Gasteiger partial charge in [-0.25, -0.2) is 0 Å². The van der Waals surface area contributed by atoms with Crippen molar-refractivity contribution < 1.29 is 9.53 Å². The molecule has 0 saturated carbocycles. The summed E-state index contributed by atoms with van der Waals surface area (Å²) in [7, 11) is 0. The molecular formula is C19H13ClN2O2. The van der Waals surface area contributed by atoms with E-state index in [0.717, 1.165) is 10.8 Å². The zero-order chi connectivity index (χ0) is 16.9. The molecule has 3 aromatic rings. The quantitative estimate of drug-likeness (QED) is 0.769. The maximum atomic E-state index is 12.0. The number of carbonyl (C=O) groups is 1. The number of nitrogens with one attached hydrogen (secondary N) is 1. The monoisotopic (exact) mass is 336 g/mol. The normalized spacial score (nSPS) is 10.2. The van der Waals surface area contributed by atoms with E-state index in [-0.39, 0.29) is 12.5 Å². The maximum absolute atomic E-state index is 12.0. The molecule has 3 rings (SSSR count). The summed E-state index contributed by atoms with van der Waals surface area (Å²) in [5.74, 6) is 0.292. The number of halogens is 1. The molecule has 4 nitrogen and oxygen atoms in total. The van der Waals surface area contributed by atoms with Gasteiger partial charge in [0.15, 0.2) is 6.61 Å². The lowest BCUT2D eigenvalue weighted by atomic mass is 10.1. The van der Waals surface area contributed by atoms with Gasteiger partial charge in [-0.05, 0) is 30.3 Å². The number of amides is 1. The number of nitrogens with zero attached hydrogens (tertiary/aromatic N) is 1. The molecule has 5 heteroatoms. The van der Waals surface area contributed by atoms with Gasteiger partial charge >= 0.3 is 0 Å². The highest BCUT2D eigenvalue weighted by molar-refractivity contribution is 6.35. The Hall–Kier alpha value is -3.03. The number of benzene rings is 3. The van der Waals surface area contributed by atoms with Crippen molar-refractivity contribution in [2.45, 2.75) is 0 Å². The van der Waals surface area contributed by atoms with Gasteiger partial charge in [-0.3, -0.25) is 4.79 Å². The van der Waals surface area contributed by atoms with Crippen molar-refractivity contribution in [3.05, 3.63) is 71.2 Å². The third kappa shape index (κ3) is 3.48. The second-order valence-electron chi connectivity index (χ2n) is 5.12. The molecular weight excluding hydrogens is 324 g/mol. The Kier molecular flexibility index (Phi) is 4.64. The van der Waals surface area contributed by atoms with Crippen LogP contribution in [0.5, 0.6) is 5.75 Å². The fraction of sp³-hybridized carbons (Fsp3) is 0.0526. The molecule has 3 aromatic carbocycles. The zero-order valence-corrected chi connectivity index (χ0v) is 13.4. The van der Waals surface area contributed by atoms with Crippen molar-refractivity contribution in [2.24, 2.45) is 0 Å². The van der Waals surface area contributed by atoms with Gasteiger partial charge in [0.05, 0.1) is 11.6 Å². The minimum Gasteiger partial charge on any atom is -0.483 e. The minimum atomic E-state index is -0.302. The number of nitriles is 1. The Morgan fingerprint density at radius 1 is 1.08 bits per heavy atom. The third-order valence-electron chi connectivity index (χ3n) is 3.47. The molecule has 0 fully saturated rings. The number of ether oxygens (including phenoxy) is 1. The number of rotatable bonds is 4. The van der Waals surface area contributed by atoms with Gasteiger partial charge in [-0.1, -0.05) is 41.9 Å². The van der Waals surface area contributed by atoms with Crippen LogP contribution in [0, 0.1) is 11.3 Å². The Morgan fingerprint density at radius 3 is 2.67 bits per heavy atom. The summed E-state index contributed by atoms with van der Waals surface area (Å²) >= 11 is 6.17. The number of carbonyl (C=O) groups excluding carboxylic acids is 1. The topological polar surface area (TPSA) is 62.1 Å². The van der Waals surface area contributed by atoms with Crippen LogP contribution >= 0.6 is 11.6 Å². The number of hydrogen-bond acceptors (Lipinski definition) is 3. The van der Waals surface area contributed by atoms with Gasteiger partial charge in [-0.15, -0.1) is 0 Å². The molecule has 1 amide bonds. The van der Waals surface area contributed by atoms with Crippen molar-refractivity contribution in [2.75, 3.05) is 11.9 Å². The first kappa shape index (κ1) is 15.9. The maximum Gasteiger partial charge on any atom is 0.262 e. The predicted molar refractivity (Wildman–Crippen MR) is 94.2 cm³/mol. The van der Waals surface area contributed by atoms with Crippen LogP contribution in [0.15, 0.2) is 60.7 Å². The second kappa shape index (κ2) is 7.03. The first-order valence-electron chi connectivity index (χ1n) is 7.27. The van der Waals surface area contributed by atoms with E-state index in [2.05, 4.69) is 5.32 Å². The molecule has 0 atom stereocenters. The van der Waals surface area contributed by atoms with E-state index in [1.807, 2.05) is 30.3 Å². The van der Waals surface area contributed by atoms with Crippen molar-refractivity contribution >= 4 is 34.0 Å². The molecule has 0 aliphatic carbocycles. The molecule has 0 bridgehead atoms. The van der Waals surface area contributed by atoms with E-state index in [9.17, 15) is 4.79 Å². The van der Waals surface area contributed by atoms with Gasteiger partial charge in [0.2, 0.25) is 0 Å². The average molecular weight is 337 g/mol. The van der Waals surface area contributed by atoms with Gasteiger partial charge in [0.1, 0.15) is 5.75 Å². The number of fused-ring (bicyclic) bond motifs is 1. The number of hydrogen-bond donors (Lipinski definition) is 1. The van der Waals surface area contributed by atoms with Gasteiger partial charge in [0.25, 0.3) is 5.91 Å². The summed E-state index contributed by atoms with van der Waals surface area (Å²) in [6.45, 7) is -0.137. The standard InChI is InChI=1S/C19H13ClN2O2/c20-17-8-9-18(16-7-2-1-6-15(16)17)24-12-19(23)22-14-5-3-4-13(10-14)11-21/h1-10H,12H2,(H,22,23). The Labute approximate surface area is 144 Å². The Bertz CT molecular complexity index is 947. The molecule has 0 spiro atoms. The van der Waals surface area contributed by atoms with E-state index in [1.54, 1.807) is 36.4 Å². The van der Waals surface area contributed by atoms with Crippen LogP contribution in [-0.4, -0.2) is 12.5 Å². The van der Waals surface area contributed by atoms with Crippen LogP contribution in [-0.2, 0) is 4.79 Å². The highest BCUT2D eigenvalue weighted by atomic mass is 35.5. The second-order valence-corrected chi connectivity index (χ2v) is 5.53. The summed E-state index contributed by atoms with van der Waals surface area (Å²) in [6.07, 6.45) is 0. The fourth-order valence-electron chi connectivity index (χ4n) is 2.37. The van der Waals surface area contributed by atoms with Crippen LogP contribution < -0.4 is 10.1 Å². The van der Waals surface area contributed by atoms with Crippen LogP contribution in [0.2, 0.25) is 5.02 Å². The lowest BCUT2D eigenvalue weighted by molar-refractivity contribution is -0.118. The van der Waals surface area contributed by atoms with E-state index >= 15 is 0 Å². The summed E-state index contributed by atoms with van der Waals surface area (Å²) < 4.78 is 5.63. The molecule has 0 saturated heterocycles. The molecule has 0 unspecified atom stereocenters. The van der Waals surface area contributed by atoms with E-state index < -0.39 is 0 Å². The smallest absolute Gasteiger partial charge is 0.262 e. The van der Waals surface area contributed by atoms with E-state index in [1.165, 1.54) is 0 Å². The Balaban J connectivity index is 1.71. The Morgan fingerprint density at radius 2 is 1.88 bits per heavy atom. The van der Waals surface area contributed by atoms with Crippen LogP contribution in [0.4, 0.5) is 5.69 Å². The largest absolute Gasteiger partial charge is 0.483 e. The molecule has 0 aliphatic rings. The first-order chi connectivity index (χ1) is 11.7. The summed E-state index contributed by atoms with van der Waals surface area (Å²) in [5, 5.41) is 13.9. The van der Waals surface area contributed by atoms with Crippen molar-refractivity contribution in [1.29, 1.82) is 5.26 Å². The molecule has 24 heavy (non-hydrogen) atoms. The van der Waals surface area contributed by atoms with Crippen LogP contribution in [0.3, 0.4) is 0 Å². The van der Waals surface area contributed by atoms with Crippen molar-refractivity contribution in [3.8, 4) is 11.8 Å². The highest BCUT2D eigenvalue weighted by Gasteiger charge is 2.08. The predicted octanol–water partition coefficient (Wildman–Crippen LogP) is 4.38. The summed E-state index contributed by atoms with van der Waals surface area (Å²) in [6, 6.07) is 19.8. The molecule has 1 N–H and O–H groups in total. The zero-order valence-electron chi connectivity index (χ0n) is 12.6. The van der Waals surface area contributed by atoms with E-state index in [4.69, 9.17) is 21.6 Å². The molecule has 0 radical (unpaired) electrons. The molecule has 0 aliphatic heterocycles. The molecule has 0 aromatic heterocycles. The summed E-state index contributed by atoms with van der Waals surface area (Å²) in [4.78, 5) is 12.0. The fourth-order valence-corrected chi connectivity index (χ4v) is 2.60. The van der Waals surface area contributed by atoms with Crippen LogP contribution in [0.1, 0.15) is 5.56 Å². The van der Waals surface area contributed by atoms with Gasteiger partial charge in [-0.2, -0.15) is 5.26 Å². The first-order valence-corrected chi connectivity index (χ1v) is 7.65. The molecule has 118 valence electrons. The lowest BCUT2D eigenvalue weighted by Gasteiger charge is -2.11. The SMILES string of the molecule is N#Cc1cccc(NC(=O)COc2ccc(Cl)c3ccccc23)c1. The highest BCUT2D eigenvalue weighted by Crippen LogP contribution is 2.31. The average Bonchev–Trinajstić information content (AvgIpc) is 2.61. The van der Waals surface area contributed by atoms with Gasteiger partial charge in [0, 0.05) is 21.5 Å². The van der Waals surface area contributed by atoms with Crippen LogP contribution in [0.25, 0.3) is 10.8 Å².